The van der Waals surface area contributed by atoms with Crippen molar-refractivity contribution in [2.75, 3.05) is 6.54 Å². The SMILES string of the molecule is CC(CNC(=O)c1cc(-c2ccccc2Cl)n[nH]1)c1ccccc1. The van der Waals surface area contributed by atoms with E-state index in [4.69, 9.17) is 11.6 Å². The smallest absolute Gasteiger partial charge is 0.269 e. The van der Waals surface area contributed by atoms with Gasteiger partial charge in [-0.1, -0.05) is 67.1 Å². The van der Waals surface area contributed by atoms with Gasteiger partial charge in [-0.3, -0.25) is 9.89 Å². The Hall–Kier alpha value is -2.59. The van der Waals surface area contributed by atoms with Gasteiger partial charge in [-0.25, -0.2) is 0 Å². The van der Waals surface area contributed by atoms with Gasteiger partial charge in [-0.05, 0) is 23.6 Å². The van der Waals surface area contributed by atoms with E-state index in [9.17, 15) is 4.79 Å². The molecule has 5 heteroatoms. The number of carbonyl (C=O) groups excluding carboxylic acids is 1. The van der Waals surface area contributed by atoms with E-state index in [1.165, 1.54) is 5.56 Å². The van der Waals surface area contributed by atoms with E-state index in [0.717, 1.165) is 5.56 Å². The van der Waals surface area contributed by atoms with Crippen molar-refractivity contribution in [3.63, 3.8) is 0 Å². The quantitative estimate of drug-likeness (QED) is 0.729. The van der Waals surface area contributed by atoms with Crippen LogP contribution >= 0.6 is 11.6 Å². The fourth-order valence-corrected chi connectivity index (χ4v) is 2.72. The zero-order valence-corrected chi connectivity index (χ0v) is 14.0. The molecular formula is C19H18ClN3O. The summed E-state index contributed by atoms with van der Waals surface area (Å²) >= 11 is 6.16. The van der Waals surface area contributed by atoms with Crippen molar-refractivity contribution in [2.24, 2.45) is 0 Å². The molecule has 0 spiro atoms. The van der Waals surface area contributed by atoms with Crippen molar-refractivity contribution < 1.29 is 4.79 Å². The van der Waals surface area contributed by atoms with Crippen molar-refractivity contribution in [3.8, 4) is 11.3 Å². The van der Waals surface area contributed by atoms with Gasteiger partial charge in [0.2, 0.25) is 0 Å². The van der Waals surface area contributed by atoms with Crippen LogP contribution in [0.5, 0.6) is 0 Å². The molecule has 1 aromatic heterocycles. The van der Waals surface area contributed by atoms with Gasteiger partial charge >= 0.3 is 0 Å². The highest BCUT2D eigenvalue weighted by Crippen LogP contribution is 2.26. The van der Waals surface area contributed by atoms with Crippen molar-refractivity contribution in [2.45, 2.75) is 12.8 Å². The highest BCUT2D eigenvalue weighted by molar-refractivity contribution is 6.33. The van der Waals surface area contributed by atoms with Gasteiger partial charge in [0.1, 0.15) is 5.69 Å². The second-order valence-electron chi connectivity index (χ2n) is 5.67. The van der Waals surface area contributed by atoms with Crippen LogP contribution < -0.4 is 5.32 Å². The molecule has 0 fully saturated rings. The van der Waals surface area contributed by atoms with Crippen LogP contribution in [-0.4, -0.2) is 22.6 Å². The molecule has 0 bridgehead atoms. The fraction of sp³-hybridized carbons (Fsp3) is 0.158. The van der Waals surface area contributed by atoms with Gasteiger partial charge in [0.05, 0.1) is 10.7 Å². The second kappa shape index (κ2) is 7.32. The van der Waals surface area contributed by atoms with Crippen LogP contribution in [0, 0.1) is 0 Å². The maximum atomic E-state index is 12.3. The van der Waals surface area contributed by atoms with E-state index in [-0.39, 0.29) is 11.8 Å². The summed E-state index contributed by atoms with van der Waals surface area (Å²) in [6, 6.07) is 19.2. The van der Waals surface area contributed by atoms with E-state index in [0.29, 0.717) is 23.0 Å². The molecule has 4 nitrogen and oxygen atoms in total. The predicted octanol–water partition coefficient (Wildman–Crippen LogP) is 4.26. The van der Waals surface area contributed by atoms with Crippen molar-refractivity contribution in [1.82, 2.24) is 15.5 Å². The number of hydrogen-bond donors (Lipinski definition) is 2. The van der Waals surface area contributed by atoms with Gasteiger partial charge in [0.15, 0.2) is 0 Å². The number of H-pyrrole nitrogens is 1. The molecule has 0 saturated heterocycles. The normalized spacial score (nSPS) is 11.9. The lowest BCUT2D eigenvalue weighted by molar-refractivity contribution is 0.0946. The first-order valence-electron chi connectivity index (χ1n) is 7.78. The summed E-state index contributed by atoms with van der Waals surface area (Å²) in [4.78, 5) is 12.3. The Morgan fingerprint density at radius 1 is 1.17 bits per heavy atom. The minimum Gasteiger partial charge on any atom is -0.350 e. The maximum Gasteiger partial charge on any atom is 0.269 e. The highest BCUT2D eigenvalue weighted by Gasteiger charge is 2.14. The molecule has 1 atom stereocenters. The average molecular weight is 340 g/mol. The molecule has 0 aliphatic heterocycles. The van der Waals surface area contributed by atoms with Gasteiger partial charge in [-0.15, -0.1) is 0 Å². The van der Waals surface area contributed by atoms with Gasteiger partial charge < -0.3 is 5.32 Å². The van der Waals surface area contributed by atoms with Crippen LogP contribution in [-0.2, 0) is 0 Å². The summed E-state index contributed by atoms with van der Waals surface area (Å²) in [6.45, 7) is 2.64. The first-order valence-corrected chi connectivity index (χ1v) is 8.16. The summed E-state index contributed by atoms with van der Waals surface area (Å²) in [5.41, 5.74) is 3.07. The molecule has 1 heterocycles. The number of amides is 1. The molecule has 0 aliphatic rings. The second-order valence-corrected chi connectivity index (χ2v) is 6.08. The Kier molecular flexibility index (Phi) is 4.96. The van der Waals surface area contributed by atoms with Crippen LogP contribution in [0.1, 0.15) is 28.9 Å². The van der Waals surface area contributed by atoms with Crippen LogP contribution in [0.15, 0.2) is 60.7 Å². The lowest BCUT2D eigenvalue weighted by atomic mass is 10.0. The fourth-order valence-electron chi connectivity index (χ4n) is 2.49. The third-order valence-electron chi connectivity index (χ3n) is 3.91. The lowest BCUT2D eigenvalue weighted by Gasteiger charge is -2.12. The number of nitrogens with zero attached hydrogens (tertiary/aromatic N) is 1. The van der Waals surface area contributed by atoms with E-state index in [1.54, 1.807) is 12.1 Å². The summed E-state index contributed by atoms with van der Waals surface area (Å²) < 4.78 is 0. The van der Waals surface area contributed by atoms with Crippen LogP contribution in [0.25, 0.3) is 11.3 Å². The maximum absolute atomic E-state index is 12.3. The molecule has 24 heavy (non-hydrogen) atoms. The monoisotopic (exact) mass is 339 g/mol. The van der Waals surface area contributed by atoms with Gasteiger partial charge in [0, 0.05) is 12.1 Å². The topological polar surface area (TPSA) is 57.8 Å². The van der Waals surface area contributed by atoms with E-state index in [1.807, 2.05) is 36.4 Å². The number of aromatic amines is 1. The number of nitrogens with one attached hydrogen (secondary N) is 2. The molecule has 2 N–H and O–H groups in total. The first kappa shape index (κ1) is 16.3. The number of hydrogen-bond acceptors (Lipinski definition) is 2. The molecule has 122 valence electrons. The number of aromatic nitrogens is 2. The van der Waals surface area contributed by atoms with Crippen molar-refractivity contribution in [3.05, 3.63) is 76.9 Å². The molecule has 0 radical (unpaired) electrons. The van der Waals surface area contributed by atoms with Gasteiger partial charge in [-0.2, -0.15) is 5.10 Å². The summed E-state index contributed by atoms with van der Waals surface area (Å²) in [5, 5.41) is 10.5. The molecule has 1 unspecified atom stereocenters. The molecule has 0 saturated carbocycles. The Bertz CT molecular complexity index is 829. The molecule has 1 amide bonds. The zero-order chi connectivity index (χ0) is 16.9. The minimum atomic E-state index is -0.177. The lowest BCUT2D eigenvalue weighted by Crippen LogP contribution is -2.27. The first-order chi connectivity index (χ1) is 11.6. The van der Waals surface area contributed by atoms with E-state index >= 15 is 0 Å². The third-order valence-corrected chi connectivity index (χ3v) is 4.24. The Morgan fingerprint density at radius 3 is 2.62 bits per heavy atom. The average Bonchev–Trinajstić information content (AvgIpc) is 3.10. The standard InChI is InChI=1S/C19H18ClN3O/c1-13(14-7-3-2-4-8-14)12-21-19(24)18-11-17(22-23-18)15-9-5-6-10-16(15)20/h2-11,13H,12H2,1H3,(H,21,24)(H,22,23). The minimum absolute atomic E-state index is 0.177. The summed E-state index contributed by atoms with van der Waals surface area (Å²) in [7, 11) is 0. The summed E-state index contributed by atoms with van der Waals surface area (Å²) in [6.07, 6.45) is 0. The number of benzene rings is 2. The third kappa shape index (κ3) is 3.66. The van der Waals surface area contributed by atoms with Crippen molar-refractivity contribution >= 4 is 17.5 Å². The van der Waals surface area contributed by atoms with E-state index < -0.39 is 0 Å². The van der Waals surface area contributed by atoms with Crippen molar-refractivity contribution in [1.29, 1.82) is 0 Å². The summed E-state index contributed by atoms with van der Waals surface area (Å²) in [5.74, 6) is 0.0599. The van der Waals surface area contributed by atoms with Gasteiger partial charge in [0.25, 0.3) is 5.91 Å². The molecule has 2 aromatic carbocycles. The zero-order valence-electron chi connectivity index (χ0n) is 13.3. The number of rotatable bonds is 5. The Balaban J connectivity index is 1.65. The number of carbonyl (C=O) groups is 1. The van der Waals surface area contributed by atoms with Crippen LogP contribution in [0.2, 0.25) is 5.02 Å². The Labute approximate surface area is 145 Å². The molecule has 3 rings (SSSR count). The largest absolute Gasteiger partial charge is 0.350 e. The highest BCUT2D eigenvalue weighted by atomic mass is 35.5. The molecule has 3 aromatic rings. The van der Waals surface area contributed by atoms with Crippen LogP contribution in [0.4, 0.5) is 0 Å². The molecular weight excluding hydrogens is 322 g/mol. The Morgan fingerprint density at radius 2 is 1.88 bits per heavy atom. The van der Waals surface area contributed by atoms with Crippen LogP contribution in [0.3, 0.4) is 0 Å². The predicted molar refractivity (Wildman–Crippen MR) is 96.2 cm³/mol. The van der Waals surface area contributed by atoms with E-state index in [2.05, 4.69) is 34.6 Å². The molecule has 0 aliphatic carbocycles. The number of halogens is 1.